The van der Waals surface area contributed by atoms with E-state index in [2.05, 4.69) is 11.8 Å². The van der Waals surface area contributed by atoms with Gasteiger partial charge in [0.15, 0.2) is 0 Å². The van der Waals surface area contributed by atoms with Gasteiger partial charge in [-0.25, -0.2) is 0 Å². The quantitative estimate of drug-likeness (QED) is 0.844. The summed E-state index contributed by atoms with van der Waals surface area (Å²) in [5.41, 5.74) is 1.07. The van der Waals surface area contributed by atoms with Gasteiger partial charge in [-0.3, -0.25) is 0 Å². The lowest BCUT2D eigenvalue weighted by atomic mass is 9.87. The first kappa shape index (κ1) is 11.6. The van der Waals surface area contributed by atoms with Crippen molar-refractivity contribution in [1.82, 2.24) is 4.90 Å². The van der Waals surface area contributed by atoms with Gasteiger partial charge in [-0.05, 0) is 44.0 Å². The highest BCUT2D eigenvalue weighted by Gasteiger charge is 2.25. The average Bonchev–Trinajstić information content (AvgIpc) is 2.39. The first-order valence-electron chi connectivity index (χ1n) is 6.26. The highest BCUT2D eigenvalue weighted by molar-refractivity contribution is 5.18. The lowest BCUT2D eigenvalue weighted by Gasteiger charge is -2.33. The molecule has 0 saturated carbocycles. The molecular weight excluding hydrogens is 198 g/mol. The van der Waals surface area contributed by atoms with E-state index < -0.39 is 0 Å². The summed E-state index contributed by atoms with van der Waals surface area (Å²) in [6.45, 7) is 5.60. The summed E-state index contributed by atoms with van der Waals surface area (Å²) in [7, 11) is 0. The molecule has 1 saturated heterocycles. The Balaban J connectivity index is 1.94. The SMILES string of the molecule is CCN1CCC(C(O)c2ccccc2)CC1. The summed E-state index contributed by atoms with van der Waals surface area (Å²) in [4.78, 5) is 2.45. The molecule has 2 rings (SSSR count). The molecule has 1 N–H and O–H groups in total. The van der Waals surface area contributed by atoms with Crippen LogP contribution in [-0.2, 0) is 0 Å². The zero-order valence-corrected chi connectivity index (χ0v) is 9.97. The molecule has 16 heavy (non-hydrogen) atoms. The van der Waals surface area contributed by atoms with Gasteiger partial charge in [-0.15, -0.1) is 0 Å². The van der Waals surface area contributed by atoms with Crippen molar-refractivity contribution in [3.8, 4) is 0 Å². The van der Waals surface area contributed by atoms with Crippen molar-refractivity contribution in [2.75, 3.05) is 19.6 Å². The molecule has 1 aliphatic rings. The number of hydrogen-bond donors (Lipinski definition) is 1. The van der Waals surface area contributed by atoms with Crippen molar-refractivity contribution in [3.05, 3.63) is 35.9 Å². The van der Waals surface area contributed by atoms with Gasteiger partial charge < -0.3 is 10.0 Å². The van der Waals surface area contributed by atoms with Gasteiger partial charge in [0.25, 0.3) is 0 Å². The molecular formula is C14H21NO. The van der Waals surface area contributed by atoms with Crippen LogP contribution < -0.4 is 0 Å². The van der Waals surface area contributed by atoms with Crippen molar-refractivity contribution in [2.45, 2.75) is 25.9 Å². The highest BCUT2D eigenvalue weighted by Crippen LogP contribution is 2.30. The second kappa shape index (κ2) is 5.46. The van der Waals surface area contributed by atoms with Crippen LogP contribution in [0.5, 0.6) is 0 Å². The minimum atomic E-state index is -0.278. The van der Waals surface area contributed by atoms with Crippen LogP contribution in [0.25, 0.3) is 0 Å². The van der Waals surface area contributed by atoms with Gasteiger partial charge in [0.05, 0.1) is 6.10 Å². The van der Waals surface area contributed by atoms with Gasteiger partial charge in [-0.1, -0.05) is 37.3 Å². The standard InChI is InChI=1S/C14H21NO/c1-2-15-10-8-13(9-11-15)14(16)12-6-4-3-5-7-12/h3-7,13-14,16H,2,8-11H2,1H3. The maximum absolute atomic E-state index is 10.3. The monoisotopic (exact) mass is 219 g/mol. The molecule has 0 aromatic heterocycles. The lowest BCUT2D eigenvalue weighted by molar-refractivity contribution is 0.0604. The highest BCUT2D eigenvalue weighted by atomic mass is 16.3. The molecule has 88 valence electrons. The Labute approximate surface area is 97.9 Å². The maximum atomic E-state index is 10.3. The summed E-state index contributed by atoms with van der Waals surface area (Å²) in [6.07, 6.45) is 1.95. The Morgan fingerprint density at radius 3 is 2.44 bits per heavy atom. The van der Waals surface area contributed by atoms with Crippen molar-refractivity contribution in [3.63, 3.8) is 0 Å². The van der Waals surface area contributed by atoms with Crippen LogP contribution >= 0.6 is 0 Å². The Hall–Kier alpha value is -0.860. The van der Waals surface area contributed by atoms with Crippen LogP contribution in [0.4, 0.5) is 0 Å². The molecule has 2 heteroatoms. The molecule has 0 bridgehead atoms. The van der Waals surface area contributed by atoms with E-state index in [1.165, 1.54) is 0 Å². The molecule has 1 aromatic rings. The van der Waals surface area contributed by atoms with Gasteiger partial charge in [0, 0.05) is 0 Å². The fourth-order valence-electron chi connectivity index (χ4n) is 2.51. The second-order valence-corrected chi connectivity index (χ2v) is 4.63. The minimum absolute atomic E-state index is 0.278. The summed E-state index contributed by atoms with van der Waals surface area (Å²) in [5.74, 6) is 0.435. The van der Waals surface area contributed by atoms with Gasteiger partial charge in [0.2, 0.25) is 0 Å². The molecule has 1 fully saturated rings. The first-order chi connectivity index (χ1) is 7.81. The number of piperidine rings is 1. The van der Waals surface area contributed by atoms with Gasteiger partial charge in [-0.2, -0.15) is 0 Å². The fourth-order valence-corrected chi connectivity index (χ4v) is 2.51. The maximum Gasteiger partial charge on any atom is 0.0819 e. The Morgan fingerprint density at radius 2 is 1.88 bits per heavy atom. The largest absolute Gasteiger partial charge is 0.388 e. The van der Waals surface area contributed by atoms with Crippen LogP contribution in [0.2, 0.25) is 0 Å². The van der Waals surface area contributed by atoms with E-state index >= 15 is 0 Å². The van der Waals surface area contributed by atoms with Gasteiger partial charge >= 0.3 is 0 Å². The molecule has 1 aliphatic heterocycles. The number of likely N-dealkylation sites (tertiary alicyclic amines) is 1. The molecule has 0 radical (unpaired) electrons. The second-order valence-electron chi connectivity index (χ2n) is 4.63. The summed E-state index contributed by atoms with van der Waals surface area (Å²) in [5, 5.41) is 10.3. The van der Waals surface area contributed by atoms with Crippen molar-refractivity contribution in [2.24, 2.45) is 5.92 Å². The van der Waals surface area contributed by atoms with Crippen LogP contribution in [0.1, 0.15) is 31.4 Å². The van der Waals surface area contributed by atoms with Gasteiger partial charge in [0.1, 0.15) is 0 Å². The third-order valence-corrected chi connectivity index (χ3v) is 3.67. The molecule has 0 spiro atoms. The number of hydrogen-bond acceptors (Lipinski definition) is 2. The van der Waals surface area contributed by atoms with Crippen molar-refractivity contribution in [1.29, 1.82) is 0 Å². The van der Waals surface area contributed by atoms with E-state index in [1.54, 1.807) is 0 Å². The summed E-state index contributed by atoms with van der Waals surface area (Å²) in [6, 6.07) is 10.0. The van der Waals surface area contributed by atoms with Crippen LogP contribution in [0, 0.1) is 5.92 Å². The normalized spacial score (nSPS) is 20.9. The zero-order chi connectivity index (χ0) is 11.4. The number of aliphatic hydroxyl groups excluding tert-OH is 1. The fraction of sp³-hybridized carbons (Fsp3) is 0.571. The Morgan fingerprint density at radius 1 is 1.25 bits per heavy atom. The Bertz CT molecular complexity index is 304. The average molecular weight is 219 g/mol. The van der Waals surface area contributed by atoms with Crippen LogP contribution in [-0.4, -0.2) is 29.6 Å². The first-order valence-corrected chi connectivity index (χ1v) is 6.26. The minimum Gasteiger partial charge on any atom is -0.388 e. The lowest BCUT2D eigenvalue weighted by Crippen LogP contribution is -2.35. The molecule has 0 amide bonds. The van der Waals surface area contributed by atoms with E-state index in [9.17, 15) is 5.11 Å². The topological polar surface area (TPSA) is 23.5 Å². The van der Waals surface area contributed by atoms with E-state index in [0.717, 1.165) is 38.0 Å². The molecule has 0 aliphatic carbocycles. The van der Waals surface area contributed by atoms with E-state index in [1.807, 2.05) is 30.3 Å². The van der Waals surface area contributed by atoms with Crippen LogP contribution in [0.3, 0.4) is 0 Å². The summed E-state index contributed by atoms with van der Waals surface area (Å²) < 4.78 is 0. The molecule has 1 aromatic carbocycles. The third kappa shape index (κ3) is 2.63. The Kier molecular flexibility index (Phi) is 3.97. The smallest absolute Gasteiger partial charge is 0.0819 e. The van der Waals surface area contributed by atoms with Crippen molar-refractivity contribution >= 4 is 0 Å². The number of aliphatic hydroxyl groups is 1. The third-order valence-electron chi connectivity index (χ3n) is 3.67. The number of nitrogens with zero attached hydrogens (tertiary/aromatic N) is 1. The molecule has 2 nitrogen and oxygen atoms in total. The summed E-state index contributed by atoms with van der Waals surface area (Å²) >= 11 is 0. The molecule has 1 heterocycles. The van der Waals surface area contributed by atoms with E-state index in [0.29, 0.717) is 5.92 Å². The number of benzene rings is 1. The van der Waals surface area contributed by atoms with E-state index in [4.69, 9.17) is 0 Å². The predicted molar refractivity (Wildman–Crippen MR) is 66.2 cm³/mol. The molecule has 1 unspecified atom stereocenters. The van der Waals surface area contributed by atoms with Crippen molar-refractivity contribution < 1.29 is 5.11 Å². The number of rotatable bonds is 3. The molecule has 1 atom stereocenters. The van der Waals surface area contributed by atoms with E-state index in [-0.39, 0.29) is 6.10 Å². The zero-order valence-electron chi connectivity index (χ0n) is 9.97. The predicted octanol–water partition coefficient (Wildman–Crippen LogP) is 2.45. The van der Waals surface area contributed by atoms with Crippen LogP contribution in [0.15, 0.2) is 30.3 Å².